The first-order valence-electron chi connectivity index (χ1n) is 8.61. The van der Waals surface area contributed by atoms with E-state index in [1.165, 1.54) is 17.4 Å². The molecule has 0 aliphatic carbocycles. The van der Waals surface area contributed by atoms with Crippen molar-refractivity contribution in [1.82, 2.24) is 9.88 Å². The van der Waals surface area contributed by atoms with Gasteiger partial charge in [-0.05, 0) is 43.9 Å². The average Bonchev–Trinajstić information content (AvgIpc) is 3.07. The van der Waals surface area contributed by atoms with Crippen LogP contribution in [-0.2, 0) is 11.2 Å². The molecule has 1 amide bonds. The number of hydrogen-bond acceptors (Lipinski definition) is 5. The summed E-state index contributed by atoms with van der Waals surface area (Å²) in [4.78, 5) is 21.0. The molecule has 27 heavy (non-hydrogen) atoms. The highest BCUT2D eigenvalue weighted by Crippen LogP contribution is 2.30. The highest BCUT2D eigenvalue weighted by molar-refractivity contribution is 7.22. The third-order valence-electron chi connectivity index (χ3n) is 4.18. The van der Waals surface area contributed by atoms with E-state index in [0.717, 1.165) is 16.0 Å². The van der Waals surface area contributed by atoms with E-state index in [9.17, 15) is 9.18 Å². The highest BCUT2D eigenvalue weighted by Gasteiger charge is 2.21. The second kappa shape index (κ2) is 8.45. The molecule has 0 N–H and O–H groups in total. The van der Waals surface area contributed by atoms with E-state index in [2.05, 4.69) is 4.98 Å². The van der Waals surface area contributed by atoms with Crippen LogP contribution in [0.4, 0.5) is 9.52 Å². The Balaban J connectivity index is 1.86. The van der Waals surface area contributed by atoms with Crippen molar-refractivity contribution in [2.24, 2.45) is 0 Å². The molecular weight excluding hydrogens is 365 g/mol. The van der Waals surface area contributed by atoms with E-state index in [4.69, 9.17) is 4.74 Å². The standard InChI is InChI=1S/C20H22FN3O2S/c1-23(2)11-12-24(18(25)13-14-7-9-15(26-3)10-8-14)20-22-19-16(21)5-4-6-17(19)27-20/h4-10H,11-13H2,1-3H3. The Morgan fingerprint density at radius 3 is 2.52 bits per heavy atom. The smallest absolute Gasteiger partial charge is 0.233 e. The number of hydrogen-bond donors (Lipinski definition) is 0. The maximum absolute atomic E-state index is 14.0. The lowest BCUT2D eigenvalue weighted by molar-refractivity contribution is -0.118. The van der Waals surface area contributed by atoms with Crippen LogP contribution in [0.3, 0.4) is 0 Å². The van der Waals surface area contributed by atoms with Gasteiger partial charge < -0.3 is 9.64 Å². The molecule has 0 radical (unpaired) electrons. The quantitative estimate of drug-likeness (QED) is 0.622. The molecule has 0 unspecified atom stereocenters. The molecule has 0 aliphatic rings. The van der Waals surface area contributed by atoms with Crippen LogP contribution in [0.1, 0.15) is 5.56 Å². The van der Waals surface area contributed by atoms with Crippen molar-refractivity contribution < 1.29 is 13.9 Å². The summed E-state index contributed by atoms with van der Waals surface area (Å²) in [5.74, 6) is 0.309. The summed E-state index contributed by atoms with van der Waals surface area (Å²) in [5.41, 5.74) is 1.20. The van der Waals surface area contributed by atoms with Crippen LogP contribution in [0.2, 0.25) is 0 Å². The lowest BCUT2D eigenvalue weighted by Crippen LogP contribution is -2.37. The summed E-state index contributed by atoms with van der Waals surface area (Å²) in [7, 11) is 5.50. The molecule has 5 nitrogen and oxygen atoms in total. The predicted octanol–water partition coefficient (Wildman–Crippen LogP) is 3.58. The second-order valence-corrected chi connectivity index (χ2v) is 7.47. The van der Waals surface area contributed by atoms with Crippen LogP contribution in [0.5, 0.6) is 5.75 Å². The molecule has 1 aromatic heterocycles. The van der Waals surface area contributed by atoms with Crippen LogP contribution in [0, 0.1) is 5.82 Å². The zero-order chi connectivity index (χ0) is 19.4. The fourth-order valence-corrected chi connectivity index (χ4v) is 3.68. The van der Waals surface area contributed by atoms with Crippen molar-refractivity contribution in [3.05, 3.63) is 53.8 Å². The third-order valence-corrected chi connectivity index (χ3v) is 5.22. The summed E-state index contributed by atoms with van der Waals surface area (Å²) in [6.07, 6.45) is 0.246. The van der Waals surface area contributed by atoms with Gasteiger partial charge in [-0.1, -0.05) is 29.5 Å². The van der Waals surface area contributed by atoms with Gasteiger partial charge in [-0.2, -0.15) is 0 Å². The summed E-state index contributed by atoms with van der Waals surface area (Å²) in [5, 5.41) is 0.524. The SMILES string of the molecule is COc1ccc(CC(=O)N(CCN(C)C)c2nc3c(F)cccc3s2)cc1. The van der Waals surface area contributed by atoms with E-state index in [1.807, 2.05) is 49.3 Å². The van der Waals surface area contributed by atoms with Gasteiger partial charge in [0.2, 0.25) is 5.91 Å². The first kappa shape index (κ1) is 19.3. The Labute approximate surface area is 162 Å². The van der Waals surface area contributed by atoms with Gasteiger partial charge in [-0.25, -0.2) is 9.37 Å². The van der Waals surface area contributed by atoms with E-state index in [0.29, 0.717) is 23.7 Å². The van der Waals surface area contributed by atoms with Gasteiger partial charge in [-0.15, -0.1) is 0 Å². The minimum absolute atomic E-state index is 0.0681. The summed E-state index contributed by atoms with van der Waals surface area (Å²) in [6.45, 7) is 1.18. The van der Waals surface area contributed by atoms with Crippen LogP contribution < -0.4 is 9.64 Å². The third kappa shape index (κ3) is 4.61. The van der Waals surface area contributed by atoms with E-state index in [-0.39, 0.29) is 18.1 Å². The number of anilines is 1. The van der Waals surface area contributed by atoms with Crippen molar-refractivity contribution in [3.63, 3.8) is 0 Å². The zero-order valence-electron chi connectivity index (χ0n) is 15.6. The Bertz CT molecular complexity index is 925. The molecule has 0 aliphatic heterocycles. The molecule has 0 saturated heterocycles. The minimum Gasteiger partial charge on any atom is -0.497 e. The van der Waals surface area contributed by atoms with E-state index in [1.54, 1.807) is 18.1 Å². The number of methoxy groups -OCH3 is 1. The van der Waals surface area contributed by atoms with Crippen LogP contribution >= 0.6 is 11.3 Å². The number of rotatable bonds is 7. The number of carbonyl (C=O) groups is 1. The minimum atomic E-state index is -0.370. The van der Waals surface area contributed by atoms with Crippen LogP contribution in [0.15, 0.2) is 42.5 Å². The van der Waals surface area contributed by atoms with Gasteiger partial charge in [-0.3, -0.25) is 9.69 Å². The predicted molar refractivity (Wildman–Crippen MR) is 107 cm³/mol. The van der Waals surface area contributed by atoms with Gasteiger partial charge in [0, 0.05) is 13.1 Å². The number of carbonyl (C=O) groups excluding carboxylic acids is 1. The number of ether oxygens (including phenoxy) is 1. The molecule has 0 fully saturated rings. The molecule has 7 heteroatoms. The first-order chi connectivity index (χ1) is 13.0. The molecule has 142 valence electrons. The largest absolute Gasteiger partial charge is 0.497 e. The number of nitrogens with zero attached hydrogens (tertiary/aromatic N) is 3. The summed E-state index contributed by atoms with van der Waals surface area (Å²) in [6, 6.07) is 12.3. The van der Waals surface area contributed by atoms with E-state index >= 15 is 0 Å². The van der Waals surface area contributed by atoms with Crippen LogP contribution in [-0.4, -0.2) is 50.1 Å². The van der Waals surface area contributed by atoms with Gasteiger partial charge in [0.25, 0.3) is 0 Å². The Hall–Kier alpha value is -2.51. The maximum atomic E-state index is 14.0. The molecule has 3 rings (SSSR count). The van der Waals surface area contributed by atoms with Gasteiger partial charge in [0.05, 0.1) is 18.2 Å². The van der Waals surface area contributed by atoms with Gasteiger partial charge >= 0.3 is 0 Å². The van der Waals surface area contributed by atoms with E-state index < -0.39 is 0 Å². The van der Waals surface area contributed by atoms with Crippen molar-refractivity contribution in [2.75, 3.05) is 39.2 Å². The summed E-state index contributed by atoms with van der Waals surface area (Å²) < 4.78 is 19.9. The molecule has 0 bridgehead atoms. The van der Waals surface area contributed by atoms with Gasteiger partial charge in [0.15, 0.2) is 5.13 Å². The Morgan fingerprint density at radius 2 is 1.89 bits per heavy atom. The lowest BCUT2D eigenvalue weighted by atomic mass is 10.1. The van der Waals surface area contributed by atoms with Crippen molar-refractivity contribution >= 4 is 32.6 Å². The number of fused-ring (bicyclic) bond motifs is 1. The Kier molecular flexibility index (Phi) is 6.03. The van der Waals surface area contributed by atoms with Crippen molar-refractivity contribution in [1.29, 1.82) is 0 Å². The molecule has 2 aromatic carbocycles. The molecule has 0 atom stereocenters. The fourth-order valence-electron chi connectivity index (χ4n) is 2.66. The molecule has 1 heterocycles. The Morgan fingerprint density at radius 1 is 1.15 bits per heavy atom. The van der Waals surface area contributed by atoms with Crippen molar-refractivity contribution in [3.8, 4) is 5.75 Å². The summed E-state index contributed by atoms with van der Waals surface area (Å²) >= 11 is 1.33. The first-order valence-corrected chi connectivity index (χ1v) is 9.42. The molecular formula is C20H22FN3O2S. The number of likely N-dealkylation sites (N-methyl/N-ethyl adjacent to an activating group) is 1. The monoisotopic (exact) mass is 387 g/mol. The van der Waals surface area contributed by atoms with Crippen molar-refractivity contribution in [2.45, 2.75) is 6.42 Å². The topological polar surface area (TPSA) is 45.7 Å². The number of aromatic nitrogens is 1. The number of para-hydroxylation sites is 1. The molecule has 3 aromatic rings. The maximum Gasteiger partial charge on any atom is 0.233 e. The zero-order valence-corrected chi connectivity index (χ0v) is 16.4. The van der Waals surface area contributed by atoms with Gasteiger partial charge in [0.1, 0.15) is 17.1 Å². The number of halogens is 1. The average molecular weight is 387 g/mol. The number of amides is 1. The number of thiazole rings is 1. The normalized spacial score (nSPS) is 11.1. The van der Waals surface area contributed by atoms with Crippen LogP contribution in [0.25, 0.3) is 10.2 Å². The lowest BCUT2D eigenvalue weighted by Gasteiger charge is -2.22. The highest BCUT2D eigenvalue weighted by atomic mass is 32.1. The second-order valence-electron chi connectivity index (χ2n) is 6.46. The number of benzene rings is 2. The fraction of sp³-hybridized carbons (Fsp3) is 0.300. The molecule has 0 spiro atoms. The molecule has 0 saturated carbocycles.